The quantitative estimate of drug-likeness (QED) is 0.621. The van der Waals surface area contributed by atoms with Crippen LogP contribution in [0.1, 0.15) is 11.4 Å². The van der Waals surface area contributed by atoms with Crippen molar-refractivity contribution in [2.24, 2.45) is 0 Å². The number of nitrogens with zero attached hydrogens (tertiary/aromatic N) is 4. The van der Waals surface area contributed by atoms with Gasteiger partial charge in [0.15, 0.2) is 5.82 Å². The highest BCUT2D eigenvalue weighted by molar-refractivity contribution is 5.40. The number of halogens is 3. The smallest absolute Gasteiger partial charge is 0.258 e. The van der Waals surface area contributed by atoms with E-state index in [2.05, 4.69) is 10.1 Å². The summed E-state index contributed by atoms with van der Waals surface area (Å²) in [6.07, 6.45) is -3.59. The van der Waals surface area contributed by atoms with Gasteiger partial charge in [0.25, 0.3) is 5.69 Å². The lowest BCUT2D eigenvalue weighted by Gasteiger charge is -2.09. The first kappa shape index (κ1) is 13.0. The van der Waals surface area contributed by atoms with E-state index >= 15 is 0 Å². The van der Waals surface area contributed by atoms with Crippen LogP contribution in [0.25, 0.3) is 5.82 Å². The SMILES string of the molecule is Cc1nc(-n2nccc2C(F)(F)F)ccc1[N+](=O)[O-]. The molecule has 2 aromatic heterocycles. The summed E-state index contributed by atoms with van der Waals surface area (Å²) in [5, 5.41) is 14.1. The normalized spacial score (nSPS) is 11.6. The molecule has 0 bridgehead atoms. The number of alkyl halides is 3. The van der Waals surface area contributed by atoms with Crippen LogP contribution in [0, 0.1) is 17.0 Å². The number of hydrogen-bond acceptors (Lipinski definition) is 4. The average Bonchev–Trinajstić information content (AvgIpc) is 2.76. The van der Waals surface area contributed by atoms with Crippen molar-refractivity contribution in [1.29, 1.82) is 0 Å². The molecule has 0 fully saturated rings. The zero-order valence-electron chi connectivity index (χ0n) is 9.55. The van der Waals surface area contributed by atoms with Crippen LogP contribution in [-0.4, -0.2) is 19.7 Å². The first-order valence-electron chi connectivity index (χ1n) is 5.04. The minimum atomic E-state index is -4.58. The first-order valence-corrected chi connectivity index (χ1v) is 5.04. The maximum absolute atomic E-state index is 12.7. The Morgan fingerprint density at radius 1 is 1.32 bits per heavy atom. The highest BCUT2D eigenvalue weighted by Crippen LogP contribution is 2.30. The van der Waals surface area contributed by atoms with Gasteiger partial charge < -0.3 is 0 Å². The second kappa shape index (κ2) is 4.34. The van der Waals surface area contributed by atoms with Crippen LogP contribution in [0.4, 0.5) is 18.9 Å². The fourth-order valence-corrected chi connectivity index (χ4v) is 1.55. The van der Waals surface area contributed by atoms with E-state index in [1.54, 1.807) is 0 Å². The van der Waals surface area contributed by atoms with Crippen LogP contribution in [0.5, 0.6) is 0 Å². The Kier molecular flexibility index (Phi) is 2.97. The molecule has 0 unspecified atom stereocenters. The number of rotatable bonds is 2. The van der Waals surface area contributed by atoms with E-state index in [1.165, 1.54) is 6.92 Å². The maximum Gasteiger partial charge on any atom is 0.433 e. The molecule has 0 aliphatic carbocycles. The molecule has 0 radical (unpaired) electrons. The molecule has 0 saturated carbocycles. The predicted octanol–water partition coefficient (Wildman–Crippen LogP) is 2.50. The summed E-state index contributed by atoms with van der Waals surface area (Å²) in [5.41, 5.74) is -1.23. The Morgan fingerprint density at radius 2 is 2.00 bits per heavy atom. The molecule has 19 heavy (non-hydrogen) atoms. The molecule has 2 rings (SSSR count). The zero-order chi connectivity index (χ0) is 14.2. The van der Waals surface area contributed by atoms with Gasteiger partial charge in [-0.2, -0.15) is 18.3 Å². The van der Waals surface area contributed by atoms with E-state index in [0.29, 0.717) is 4.68 Å². The third-order valence-corrected chi connectivity index (χ3v) is 2.39. The monoisotopic (exact) mass is 272 g/mol. The molecule has 0 aromatic carbocycles. The average molecular weight is 272 g/mol. The van der Waals surface area contributed by atoms with Gasteiger partial charge in [-0.3, -0.25) is 10.1 Å². The molecule has 0 aliphatic rings. The third-order valence-electron chi connectivity index (χ3n) is 2.39. The van der Waals surface area contributed by atoms with Crippen LogP contribution in [0.2, 0.25) is 0 Å². The molecular weight excluding hydrogens is 265 g/mol. The number of hydrogen-bond donors (Lipinski definition) is 0. The molecule has 0 N–H and O–H groups in total. The van der Waals surface area contributed by atoms with Crippen molar-refractivity contribution in [3.05, 3.63) is 45.9 Å². The van der Waals surface area contributed by atoms with Crippen LogP contribution < -0.4 is 0 Å². The summed E-state index contributed by atoms with van der Waals surface area (Å²) in [4.78, 5) is 13.7. The van der Waals surface area contributed by atoms with Gasteiger partial charge in [0.2, 0.25) is 0 Å². The van der Waals surface area contributed by atoms with Crippen molar-refractivity contribution >= 4 is 5.69 Å². The highest BCUT2D eigenvalue weighted by Gasteiger charge is 2.35. The fourth-order valence-electron chi connectivity index (χ4n) is 1.55. The maximum atomic E-state index is 12.7. The molecule has 2 heterocycles. The molecule has 0 spiro atoms. The van der Waals surface area contributed by atoms with Gasteiger partial charge in [0.05, 0.1) is 11.1 Å². The van der Waals surface area contributed by atoms with Gasteiger partial charge in [0, 0.05) is 6.07 Å². The zero-order valence-corrected chi connectivity index (χ0v) is 9.55. The van der Waals surface area contributed by atoms with E-state index in [9.17, 15) is 23.3 Å². The Hall–Kier alpha value is -2.45. The fraction of sp³-hybridized carbons (Fsp3) is 0.200. The van der Waals surface area contributed by atoms with Gasteiger partial charge in [-0.05, 0) is 19.1 Å². The largest absolute Gasteiger partial charge is 0.433 e. The molecule has 9 heteroatoms. The molecule has 100 valence electrons. The summed E-state index contributed by atoms with van der Waals surface area (Å²) in [6.45, 7) is 1.35. The van der Waals surface area contributed by atoms with Crippen LogP contribution in [0.3, 0.4) is 0 Å². The molecule has 0 aliphatic heterocycles. The van der Waals surface area contributed by atoms with Gasteiger partial charge in [-0.1, -0.05) is 0 Å². The Labute approximate surface area is 104 Å². The van der Waals surface area contributed by atoms with Crippen LogP contribution >= 0.6 is 0 Å². The van der Waals surface area contributed by atoms with Crippen molar-refractivity contribution in [3.63, 3.8) is 0 Å². The second-order valence-electron chi connectivity index (χ2n) is 3.66. The minimum Gasteiger partial charge on any atom is -0.258 e. The molecule has 0 atom stereocenters. The number of aromatic nitrogens is 3. The van der Waals surface area contributed by atoms with Crippen molar-refractivity contribution in [2.45, 2.75) is 13.1 Å². The summed E-state index contributed by atoms with van der Waals surface area (Å²) in [6, 6.07) is 3.02. The Balaban J connectivity index is 2.52. The predicted molar refractivity (Wildman–Crippen MR) is 57.8 cm³/mol. The molecule has 0 saturated heterocycles. The van der Waals surface area contributed by atoms with Crippen molar-refractivity contribution < 1.29 is 18.1 Å². The summed E-state index contributed by atoms with van der Waals surface area (Å²) in [7, 11) is 0. The van der Waals surface area contributed by atoms with E-state index in [0.717, 1.165) is 24.4 Å². The van der Waals surface area contributed by atoms with Crippen LogP contribution in [0.15, 0.2) is 24.4 Å². The van der Waals surface area contributed by atoms with E-state index in [-0.39, 0.29) is 17.2 Å². The lowest BCUT2D eigenvalue weighted by atomic mass is 10.3. The first-order chi connectivity index (χ1) is 8.80. The minimum absolute atomic E-state index is 0.0196. The summed E-state index contributed by atoms with van der Waals surface area (Å²) in [5.74, 6) is -0.125. The van der Waals surface area contributed by atoms with Crippen LogP contribution in [-0.2, 0) is 6.18 Å². The Morgan fingerprint density at radius 3 is 2.53 bits per heavy atom. The Bertz CT molecular complexity index is 636. The number of nitro groups is 1. The topological polar surface area (TPSA) is 73.8 Å². The van der Waals surface area contributed by atoms with Crippen molar-refractivity contribution in [2.75, 3.05) is 0 Å². The standard InChI is InChI=1S/C10H7F3N4O2/c1-6-7(17(18)19)2-3-9(15-6)16-8(4-5-14-16)10(11,12)13/h2-5H,1H3. The summed E-state index contributed by atoms with van der Waals surface area (Å²) < 4.78 is 38.6. The molecular formula is C10H7F3N4O2. The van der Waals surface area contributed by atoms with Gasteiger partial charge in [-0.15, -0.1) is 0 Å². The van der Waals surface area contributed by atoms with Crippen molar-refractivity contribution in [1.82, 2.24) is 14.8 Å². The summed E-state index contributed by atoms with van der Waals surface area (Å²) >= 11 is 0. The lowest BCUT2D eigenvalue weighted by Crippen LogP contribution is -2.14. The third kappa shape index (κ3) is 2.39. The second-order valence-corrected chi connectivity index (χ2v) is 3.66. The number of aryl methyl sites for hydroxylation is 1. The van der Waals surface area contributed by atoms with Gasteiger partial charge in [0.1, 0.15) is 11.4 Å². The van der Waals surface area contributed by atoms with E-state index in [4.69, 9.17) is 0 Å². The van der Waals surface area contributed by atoms with Gasteiger partial charge in [-0.25, -0.2) is 9.67 Å². The van der Waals surface area contributed by atoms with Gasteiger partial charge >= 0.3 is 6.18 Å². The molecule has 2 aromatic rings. The molecule has 0 amide bonds. The lowest BCUT2D eigenvalue weighted by molar-refractivity contribution is -0.385. The molecule has 6 nitrogen and oxygen atoms in total. The van der Waals surface area contributed by atoms with E-state index < -0.39 is 16.8 Å². The number of pyridine rings is 1. The van der Waals surface area contributed by atoms with Crippen molar-refractivity contribution in [3.8, 4) is 5.82 Å². The van der Waals surface area contributed by atoms with E-state index in [1.807, 2.05) is 0 Å². The highest BCUT2D eigenvalue weighted by atomic mass is 19.4.